The lowest BCUT2D eigenvalue weighted by Crippen LogP contribution is -2.26. The van der Waals surface area contributed by atoms with E-state index in [4.69, 9.17) is 0 Å². The lowest BCUT2D eigenvalue weighted by molar-refractivity contribution is 0.487. The Morgan fingerprint density at radius 3 is 2.48 bits per heavy atom. The van der Waals surface area contributed by atoms with Gasteiger partial charge >= 0.3 is 0 Å². The molecule has 0 bridgehead atoms. The smallest absolute Gasteiger partial charge is 0.126 e. The van der Waals surface area contributed by atoms with Gasteiger partial charge in [0.1, 0.15) is 5.82 Å². The predicted molar refractivity (Wildman–Crippen MR) is 88.6 cm³/mol. The van der Waals surface area contributed by atoms with Crippen LogP contribution in [0.25, 0.3) is 0 Å². The van der Waals surface area contributed by atoms with Gasteiger partial charge in [0, 0.05) is 18.9 Å². The van der Waals surface area contributed by atoms with Gasteiger partial charge in [-0.1, -0.05) is 43.2 Å². The lowest BCUT2D eigenvalue weighted by atomic mass is 10.0. The van der Waals surface area contributed by atoms with Crippen molar-refractivity contribution >= 4 is 0 Å². The molecule has 0 aliphatic rings. The molecule has 0 aliphatic heterocycles. The molecule has 3 heteroatoms. The molecule has 0 spiro atoms. The van der Waals surface area contributed by atoms with Crippen molar-refractivity contribution in [3.63, 3.8) is 0 Å². The summed E-state index contributed by atoms with van der Waals surface area (Å²) in [5, 5.41) is 3.59. The molecule has 0 amide bonds. The fourth-order valence-electron chi connectivity index (χ4n) is 2.98. The van der Waals surface area contributed by atoms with E-state index >= 15 is 0 Å². The first-order chi connectivity index (χ1) is 10.1. The van der Waals surface area contributed by atoms with Crippen molar-refractivity contribution in [3.05, 3.63) is 53.1 Å². The van der Waals surface area contributed by atoms with Crippen LogP contribution >= 0.6 is 0 Å². The van der Waals surface area contributed by atoms with E-state index in [1.807, 2.05) is 6.20 Å². The zero-order chi connectivity index (χ0) is 15.2. The highest BCUT2D eigenvalue weighted by molar-refractivity contribution is 5.29. The summed E-state index contributed by atoms with van der Waals surface area (Å²) in [6, 6.07) is 7.07. The summed E-state index contributed by atoms with van der Waals surface area (Å²) in [4.78, 5) is 4.60. The first-order valence-electron chi connectivity index (χ1n) is 7.95. The van der Waals surface area contributed by atoms with Crippen LogP contribution in [0.3, 0.4) is 0 Å². The monoisotopic (exact) mass is 285 g/mol. The van der Waals surface area contributed by atoms with E-state index in [0.29, 0.717) is 0 Å². The van der Waals surface area contributed by atoms with Gasteiger partial charge in [-0.2, -0.15) is 0 Å². The van der Waals surface area contributed by atoms with E-state index < -0.39 is 0 Å². The van der Waals surface area contributed by atoms with E-state index in [9.17, 15) is 0 Å². The van der Waals surface area contributed by atoms with Gasteiger partial charge in [-0.15, -0.1) is 0 Å². The van der Waals surface area contributed by atoms with Crippen LogP contribution in [0, 0.1) is 13.8 Å². The van der Waals surface area contributed by atoms with Crippen LogP contribution in [0.5, 0.6) is 0 Å². The molecule has 3 nitrogen and oxygen atoms in total. The SMILES string of the molecule is CCCn1ccnc1C(Cc1cc(C)cc(C)c1)NCC. The number of aryl methyl sites for hydroxylation is 3. The number of imidazole rings is 1. The third-order valence-electron chi connectivity index (χ3n) is 3.70. The zero-order valence-corrected chi connectivity index (χ0v) is 13.7. The standard InChI is InChI=1S/C18H27N3/c1-5-8-21-9-7-20-18(21)17(19-6-2)13-16-11-14(3)10-15(4)12-16/h7,9-12,17,19H,5-6,8,13H2,1-4H3. The molecule has 1 heterocycles. The highest BCUT2D eigenvalue weighted by Crippen LogP contribution is 2.19. The maximum Gasteiger partial charge on any atom is 0.126 e. The maximum atomic E-state index is 4.60. The molecule has 1 aromatic carbocycles. The third-order valence-corrected chi connectivity index (χ3v) is 3.70. The van der Waals surface area contributed by atoms with Crippen molar-refractivity contribution in [2.45, 2.75) is 53.1 Å². The van der Waals surface area contributed by atoms with Gasteiger partial charge in [-0.25, -0.2) is 4.98 Å². The molecule has 2 rings (SSSR count). The highest BCUT2D eigenvalue weighted by Gasteiger charge is 2.16. The number of nitrogens with zero attached hydrogens (tertiary/aromatic N) is 2. The molecule has 114 valence electrons. The minimum atomic E-state index is 0.276. The van der Waals surface area contributed by atoms with Crippen LogP contribution in [-0.2, 0) is 13.0 Å². The summed E-state index contributed by atoms with van der Waals surface area (Å²) in [5.41, 5.74) is 4.04. The molecule has 1 atom stereocenters. The summed E-state index contributed by atoms with van der Waals surface area (Å²) in [5.74, 6) is 1.15. The second kappa shape index (κ2) is 7.41. The second-order valence-electron chi connectivity index (χ2n) is 5.79. The maximum absolute atomic E-state index is 4.60. The fraction of sp³-hybridized carbons (Fsp3) is 0.500. The van der Waals surface area contributed by atoms with Crippen molar-refractivity contribution in [2.24, 2.45) is 0 Å². The summed E-state index contributed by atoms with van der Waals surface area (Å²) >= 11 is 0. The molecule has 1 aromatic heterocycles. The Morgan fingerprint density at radius 2 is 1.86 bits per heavy atom. The first kappa shape index (κ1) is 15.8. The Hall–Kier alpha value is -1.61. The molecule has 0 saturated heterocycles. The van der Waals surface area contributed by atoms with E-state index in [-0.39, 0.29) is 6.04 Å². The number of benzene rings is 1. The molecule has 2 aromatic rings. The molecule has 0 saturated carbocycles. The summed E-state index contributed by atoms with van der Waals surface area (Å²) in [6.45, 7) is 10.7. The number of hydrogen-bond acceptors (Lipinski definition) is 2. The third kappa shape index (κ3) is 4.18. The average Bonchev–Trinajstić information content (AvgIpc) is 2.86. The summed E-state index contributed by atoms with van der Waals surface area (Å²) in [6.07, 6.45) is 6.12. The summed E-state index contributed by atoms with van der Waals surface area (Å²) < 4.78 is 2.27. The number of rotatable bonds is 7. The van der Waals surface area contributed by atoms with Gasteiger partial charge in [0.15, 0.2) is 0 Å². The van der Waals surface area contributed by atoms with Crippen LogP contribution in [-0.4, -0.2) is 16.1 Å². The topological polar surface area (TPSA) is 29.9 Å². The molecule has 21 heavy (non-hydrogen) atoms. The molecule has 1 unspecified atom stereocenters. The molecule has 0 fully saturated rings. The highest BCUT2D eigenvalue weighted by atomic mass is 15.1. The minimum absolute atomic E-state index is 0.276. The van der Waals surface area contributed by atoms with E-state index in [0.717, 1.165) is 31.8 Å². The van der Waals surface area contributed by atoms with Crippen LogP contribution < -0.4 is 5.32 Å². The Morgan fingerprint density at radius 1 is 1.14 bits per heavy atom. The van der Waals surface area contributed by atoms with Gasteiger partial charge in [-0.3, -0.25) is 0 Å². The van der Waals surface area contributed by atoms with Gasteiger partial charge in [-0.05, 0) is 38.8 Å². The Labute approximate surface area is 128 Å². The first-order valence-corrected chi connectivity index (χ1v) is 7.95. The Kier molecular flexibility index (Phi) is 5.57. The number of aromatic nitrogens is 2. The fourth-order valence-corrected chi connectivity index (χ4v) is 2.98. The van der Waals surface area contributed by atoms with Crippen molar-refractivity contribution in [3.8, 4) is 0 Å². The average molecular weight is 285 g/mol. The minimum Gasteiger partial charge on any atom is -0.334 e. The van der Waals surface area contributed by atoms with Crippen molar-refractivity contribution in [2.75, 3.05) is 6.54 Å². The van der Waals surface area contributed by atoms with Crippen molar-refractivity contribution in [1.29, 1.82) is 0 Å². The van der Waals surface area contributed by atoms with Crippen molar-refractivity contribution in [1.82, 2.24) is 14.9 Å². The zero-order valence-electron chi connectivity index (χ0n) is 13.7. The van der Waals surface area contributed by atoms with Gasteiger partial charge in [0.2, 0.25) is 0 Å². The quantitative estimate of drug-likeness (QED) is 0.838. The Balaban J connectivity index is 2.24. The van der Waals surface area contributed by atoms with Crippen LogP contribution in [0.4, 0.5) is 0 Å². The van der Waals surface area contributed by atoms with Gasteiger partial charge in [0.25, 0.3) is 0 Å². The van der Waals surface area contributed by atoms with Crippen LogP contribution in [0.15, 0.2) is 30.6 Å². The van der Waals surface area contributed by atoms with Gasteiger partial charge < -0.3 is 9.88 Å². The molecule has 0 aliphatic carbocycles. The normalized spacial score (nSPS) is 12.6. The number of hydrogen-bond donors (Lipinski definition) is 1. The van der Waals surface area contributed by atoms with Crippen molar-refractivity contribution < 1.29 is 0 Å². The number of likely N-dealkylation sites (N-methyl/N-ethyl adjacent to an activating group) is 1. The van der Waals surface area contributed by atoms with Crippen LogP contribution in [0.2, 0.25) is 0 Å². The molecule has 1 N–H and O–H groups in total. The lowest BCUT2D eigenvalue weighted by Gasteiger charge is -2.19. The summed E-state index contributed by atoms with van der Waals surface area (Å²) in [7, 11) is 0. The molecular formula is C18H27N3. The van der Waals surface area contributed by atoms with Gasteiger partial charge in [0.05, 0.1) is 6.04 Å². The predicted octanol–water partition coefficient (Wildman–Crippen LogP) is 3.80. The Bertz CT molecular complexity index is 551. The van der Waals surface area contributed by atoms with E-state index in [1.165, 1.54) is 16.7 Å². The van der Waals surface area contributed by atoms with Crippen LogP contribution in [0.1, 0.15) is 48.8 Å². The second-order valence-corrected chi connectivity index (χ2v) is 5.79. The van der Waals surface area contributed by atoms with E-state index in [1.54, 1.807) is 0 Å². The largest absolute Gasteiger partial charge is 0.334 e. The van der Waals surface area contributed by atoms with E-state index in [2.05, 4.69) is 67.0 Å². The molecule has 0 radical (unpaired) electrons. The molecular weight excluding hydrogens is 258 g/mol. The number of nitrogens with one attached hydrogen (secondary N) is 1.